The molecule has 0 saturated carbocycles. The molecule has 0 unspecified atom stereocenters. The van der Waals surface area contributed by atoms with Crippen molar-refractivity contribution < 1.29 is 4.39 Å². The summed E-state index contributed by atoms with van der Waals surface area (Å²) < 4.78 is 15.3. The molecule has 1 aliphatic rings. The van der Waals surface area contributed by atoms with Gasteiger partial charge in [0.15, 0.2) is 0 Å². The molecule has 1 aromatic carbocycles. The van der Waals surface area contributed by atoms with E-state index in [9.17, 15) is 4.39 Å². The summed E-state index contributed by atoms with van der Waals surface area (Å²) in [4.78, 5) is 0. The molecule has 0 spiro atoms. The number of aryl methyl sites for hydroxylation is 1. The first-order valence-electron chi connectivity index (χ1n) is 6.66. The van der Waals surface area contributed by atoms with Crippen molar-refractivity contribution >= 4 is 10.9 Å². The summed E-state index contributed by atoms with van der Waals surface area (Å²) in [7, 11) is 0. The van der Waals surface area contributed by atoms with Crippen LogP contribution in [0.5, 0.6) is 0 Å². The second-order valence-electron chi connectivity index (χ2n) is 4.89. The number of nitrogens with one attached hydrogen (secondary N) is 1. The van der Waals surface area contributed by atoms with Crippen molar-refractivity contribution in [2.24, 2.45) is 0 Å². The summed E-state index contributed by atoms with van der Waals surface area (Å²) in [6.07, 6.45) is 2.24. The quantitative estimate of drug-likeness (QED) is 0.884. The zero-order chi connectivity index (χ0) is 12.5. The van der Waals surface area contributed by atoms with Crippen molar-refractivity contribution in [1.29, 1.82) is 0 Å². The molecule has 1 aliphatic heterocycles. The van der Waals surface area contributed by atoms with Crippen LogP contribution in [-0.4, -0.2) is 22.9 Å². The summed E-state index contributed by atoms with van der Waals surface area (Å²) in [6, 6.07) is 5.01. The van der Waals surface area contributed by atoms with E-state index in [1.54, 1.807) is 6.07 Å². The minimum atomic E-state index is -0.186. The van der Waals surface area contributed by atoms with Crippen molar-refractivity contribution in [2.45, 2.75) is 32.2 Å². The molecule has 96 valence electrons. The fourth-order valence-corrected chi connectivity index (χ4v) is 2.81. The molecule has 1 N–H and O–H groups in total. The Labute approximate surface area is 106 Å². The summed E-state index contributed by atoms with van der Waals surface area (Å²) in [5, 5.41) is 9.18. The minimum Gasteiger partial charge on any atom is -0.317 e. The van der Waals surface area contributed by atoms with Gasteiger partial charge in [-0.15, -0.1) is 0 Å². The minimum absolute atomic E-state index is 0.186. The van der Waals surface area contributed by atoms with E-state index in [1.807, 2.05) is 17.7 Å². The first-order valence-corrected chi connectivity index (χ1v) is 6.66. The summed E-state index contributed by atoms with van der Waals surface area (Å²) in [5.74, 6) is 0.320. The van der Waals surface area contributed by atoms with Gasteiger partial charge >= 0.3 is 0 Å². The monoisotopic (exact) mass is 247 g/mol. The topological polar surface area (TPSA) is 29.9 Å². The zero-order valence-electron chi connectivity index (χ0n) is 10.6. The van der Waals surface area contributed by atoms with Crippen LogP contribution in [0.25, 0.3) is 10.9 Å². The highest BCUT2D eigenvalue weighted by Gasteiger charge is 2.21. The fourth-order valence-electron chi connectivity index (χ4n) is 2.81. The maximum Gasteiger partial charge on any atom is 0.125 e. The van der Waals surface area contributed by atoms with Gasteiger partial charge < -0.3 is 5.32 Å². The zero-order valence-corrected chi connectivity index (χ0v) is 10.6. The highest BCUT2D eigenvalue weighted by atomic mass is 19.1. The highest BCUT2D eigenvalue weighted by molar-refractivity contribution is 5.82. The van der Waals surface area contributed by atoms with E-state index < -0.39 is 0 Å². The number of fused-ring (bicyclic) bond motifs is 1. The van der Waals surface area contributed by atoms with Gasteiger partial charge in [0.1, 0.15) is 5.82 Å². The summed E-state index contributed by atoms with van der Waals surface area (Å²) in [5.41, 5.74) is 2.07. The van der Waals surface area contributed by atoms with E-state index in [0.717, 1.165) is 49.1 Å². The molecule has 2 aromatic rings. The van der Waals surface area contributed by atoms with E-state index in [4.69, 9.17) is 5.10 Å². The van der Waals surface area contributed by atoms with Crippen LogP contribution in [0.4, 0.5) is 4.39 Å². The van der Waals surface area contributed by atoms with Gasteiger partial charge in [-0.25, -0.2) is 4.39 Å². The van der Waals surface area contributed by atoms with Crippen LogP contribution < -0.4 is 5.32 Å². The molecule has 0 bridgehead atoms. The predicted octanol–water partition coefficient (Wildman–Crippen LogP) is 2.66. The van der Waals surface area contributed by atoms with Gasteiger partial charge in [0.2, 0.25) is 0 Å². The maximum atomic E-state index is 13.4. The predicted molar refractivity (Wildman–Crippen MR) is 70.2 cm³/mol. The van der Waals surface area contributed by atoms with E-state index in [1.165, 1.54) is 6.07 Å². The Morgan fingerprint density at radius 1 is 1.39 bits per heavy atom. The third-order valence-corrected chi connectivity index (χ3v) is 3.77. The lowest BCUT2D eigenvalue weighted by Crippen LogP contribution is -2.27. The van der Waals surface area contributed by atoms with Gasteiger partial charge in [0.05, 0.1) is 11.2 Å². The smallest absolute Gasteiger partial charge is 0.125 e. The average molecular weight is 247 g/mol. The molecule has 1 fully saturated rings. The standard InChI is InChI=1S/C14H18FN3/c1-2-18-13-9-11(15)3-4-12(13)14(17-18)10-5-7-16-8-6-10/h3-4,9-10,16H,2,5-8H2,1H3. The Hall–Kier alpha value is -1.42. The van der Waals surface area contributed by atoms with Gasteiger partial charge in [-0.05, 0) is 51.1 Å². The molecule has 0 aliphatic carbocycles. The lowest BCUT2D eigenvalue weighted by Gasteiger charge is -2.21. The normalized spacial score (nSPS) is 17.4. The molecular weight excluding hydrogens is 229 g/mol. The van der Waals surface area contributed by atoms with Crippen LogP contribution in [0, 0.1) is 5.82 Å². The second-order valence-corrected chi connectivity index (χ2v) is 4.89. The number of hydrogen-bond donors (Lipinski definition) is 1. The number of hydrogen-bond acceptors (Lipinski definition) is 2. The molecule has 0 atom stereocenters. The van der Waals surface area contributed by atoms with Gasteiger partial charge in [0.25, 0.3) is 0 Å². The molecule has 18 heavy (non-hydrogen) atoms. The van der Waals surface area contributed by atoms with E-state index >= 15 is 0 Å². The van der Waals surface area contributed by atoms with E-state index in [2.05, 4.69) is 5.32 Å². The lowest BCUT2D eigenvalue weighted by atomic mass is 9.92. The third-order valence-electron chi connectivity index (χ3n) is 3.77. The van der Waals surface area contributed by atoms with Crippen LogP contribution in [0.2, 0.25) is 0 Å². The summed E-state index contributed by atoms with van der Waals surface area (Å²) in [6.45, 7) is 4.92. The number of halogens is 1. The lowest BCUT2D eigenvalue weighted by molar-refractivity contribution is 0.450. The van der Waals surface area contributed by atoms with Crippen LogP contribution in [0.15, 0.2) is 18.2 Å². The Bertz CT molecular complexity index is 555. The molecule has 0 amide bonds. The number of rotatable bonds is 2. The Balaban J connectivity index is 2.11. The number of benzene rings is 1. The van der Waals surface area contributed by atoms with Crippen molar-refractivity contribution in [3.8, 4) is 0 Å². The van der Waals surface area contributed by atoms with Crippen molar-refractivity contribution in [1.82, 2.24) is 15.1 Å². The van der Waals surface area contributed by atoms with Gasteiger partial charge in [0, 0.05) is 17.8 Å². The first-order chi connectivity index (χ1) is 8.79. The maximum absolute atomic E-state index is 13.4. The van der Waals surface area contributed by atoms with Crippen LogP contribution in [-0.2, 0) is 6.54 Å². The van der Waals surface area contributed by atoms with Crippen molar-refractivity contribution in [3.05, 3.63) is 29.7 Å². The Kier molecular flexibility index (Phi) is 3.04. The van der Waals surface area contributed by atoms with Crippen molar-refractivity contribution in [2.75, 3.05) is 13.1 Å². The van der Waals surface area contributed by atoms with Crippen LogP contribution in [0.1, 0.15) is 31.4 Å². The fraction of sp³-hybridized carbons (Fsp3) is 0.500. The molecular formula is C14H18FN3. The van der Waals surface area contributed by atoms with Crippen LogP contribution in [0.3, 0.4) is 0 Å². The van der Waals surface area contributed by atoms with Gasteiger partial charge in [-0.3, -0.25) is 4.68 Å². The molecule has 3 nitrogen and oxygen atoms in total. The summed E-state index contributed by atoms with van der Waals surface area (Å²) >= 11 is 0. The number of piperidine rings is 1. The number of nitrogens with zero attached hydrogens (tertiary/aromatic N) is 2. The molecule has 3 rings (SSSR count). The second kappa shape index (κ2) is 4.69. The Morgan fingerprint density at radius 3 is 2.89 bits per heavy atom. The largest absolute Gasteiger partial charge is 0.317 e. The highest BCUT2D eigenvalue weighted by Crippen LogP contribution is 2.31. The molecule has 4 heteroatoms. The van der Waals surface area contributed by atoms with Gasteiger partial charge in [-0.1, -0.05) is 0 Å². The van der Waals surface area contributed by atoms with Crippen LogP contribution >= 0.6 is 0 Å². The van der Waals surface area contributed by atoms with Crippen molar-refractivity contribution in [3.63, 3.8) is 0 Å². The molecule has 2 heterocycles. The molecule has 1 saturated heterocycles. The average Bonchev–Trinajstić information content (AvgIpc) is 2.77. The Morgan fingerprint density at radius 2 is 2.17 bits per heavy atom. The first kappa shape index (κ1) is 11.7. The molecule has 0 radical (unpaired) electrons. The third kappa shape index (κ3) is 1.90. The SMILES string of the molecule is CCn1nc(C2CCNCC2)c2ccc(F)cc21. The number of aromatic nitrogens is 2. The van der Waals surface area contributed by atoms with Gasteiger partial charge in [-0.2, -0.15) is 5.10 Å². The van der Waals surface area contributed by atoms with E-state index in [0.29, 0.717) is 5.92 Å². The van der Waals surface area contributed by atoms with E-state index in [-0.39, 0.29) is 5.82 Å². The molecule has 1 aromatic heterocycles.